The number of likely N-dealkylation sites (tertiary alicyclic amines) is 1. The van der Waals surface area contributed by atoms with E-state index >= 15 is 0 Å². The summed E-state index contributed by atoms with van der Waals surface area (Å²) in [6, 6.07) is 5.18. The minimum atomic E-state index is -0.371. The van der Waals surface area contributed by atoms with Crippen molar-refractivity contribution in [3.8, 4) is 0 Å². The lowest BCUT2D eigenvalue weighted by Gasteiger charge is -2.40. The number of hydrogen-bond donors (Lipinski definition) is 1. The minimum absolute atomic E-state index is 0.0953. The molecular formula is C21H27FN4O2. The summed E-state index contributed by atoms with van der Waals surface area (Å²) in [6.45, 7) is 5.81. The number of amides is 1. The van der Waals surface area contributed by atoms with Crippen LogP contribution in [-0.4, -0.2) is 57.5 Å². The second-order valence-corrected chi connectivity index (χ2v) is 7.92. The predicted molar refractivity (Wildman–Crippen MR) is 103 cm³/mol. The van der Waals surface area contributed by atoms with E-state index in [0.717, 1.165) is 43.9 Å². The number of benzene rings is 1. The number of halogens is 1. The summed E-state index contributed by atoms with van der Waals surface area (Å²) < 4.78 is 20.0. The number of rotatable bonds is 4. The SMILES string of the molecule is Cc1ccc(CN2CCOC3(CCN(Cc4ncc[nH]4)CC3)CC2=O)cc1F. The lowest BCUT2D eigenvalue weighted by molar-refractivity contribution is -0.136. The van der Waals surface area contributed by atoms with E-state index in [4.69, 9.17) is 4.74 Å². The molecule has 2 aromatic rings. The summed E-state index contributed by atoms with van der Waals surface area (Å²) in [5.74, 6) is 0.833. The molecule has 1 aromatic carbocycles. The fourth-order valence-electron chi connectivity index (χ4n) is 4.09. The van der Waals surface area contributed by atoms with Gasteiger partial charge in [0.1, 0.15) is 11.6 Å². The van der Waals surface area contributed by atoms with Crippen LogP contribution in [0.4, 0.5) is 4.39 Å². The standard InChI is InChI=1S/C21H27FN4O2/c1-16-2-3-17(12-18(16)22)14-26-10-11-28-21(13-20(26)27)4-8-25(9-5-21)15-19-23-6-7-24-19/h2-3,6-7,12H,4-5,8-11,13-15H2,1H3,(H,23,24). The number of aromatic nitrogens is 2. The largest absolute Gasteiger partial charge is 0.373 e. The number of carbonyl (C=O) groups excluding carboxylic acids is 1. The van der Waals surface area contributed by atoms with Crippen molar-refractivity contribution in [1.29, 1.82) is 0 Å². The normalized spacial score (nSPS) is 20.5. The van der Waals surface area contributed by atoms with Crippen molar-refractivity contribution in [2.24, 2.45) is 0 Å². The third kappa shape index (κ3) is 4.25. The molecule has 6 nitrogen and oxygen atoms in total. The van der Waals surface area contributed by atoms with Crippen LogP contribution < -0.4 is 0 Å². The second kappa shape index (κ2) is 8.01. The zero-order valence-corrected chi connectivity index (χ0v) is 16.3. The second-order valence-electron chi connectivity index (χ2n) is 7.92. The Morgan fingerprint density at radius 3 is 2.79 bits per heavy atom. The summed E-state index contributed by atoms with van der Waals surface area (Å²) in [4.78, 5) is 24.5. The van der Waals surface area contributed by atoms with Crippen molar-refractivity contribution in [3.63, 3.8) is 0 Å². The highest BCUT2D eigenvalue weighted by molar-refractivity contribution is 5.77. The molecule has 0 atom stereocenters. The Bertz CT molecular complexity index is 816. The maximum absolute atomic E-state index is 13.8. The van der Waals surface area contributed by atoms with Crippen LogP contribution in [-0.2, 0) is 22.6 Å². The highest BCUT2D eigenvalue weighted by Gasteiger charge is 2.40. The highest BCUT2D eigenvalue weighted by Crippen LogP contribution is 2.33. The number of carbonyl (C=O) groups is 1. The molecule has 3 heterocycles. The zero-order valence-electron chi connectivity index (χ0n) is 16.3. The van der Waals surface area contributed by atoms with Crippen molar-refractivity contribution in [2.75, 3.05) is 26.2 Å². The van der Waals surface area contributed by atoms with E-state index in [0.29, 0.717) is 31.7 Å². The van der Waals surface area contributed by atoms with Crippen molar-refractivity contribution in [3.05, 3.63) is 53.4 Å². The monoisotopic (exact) mass is 386 g/mol. The Hall–Kier alpha value is -2.25. The number of piperidine rings is 1. The summed E-state index contributed by atoms with van der Waals surface area (Å²) in [6.07, 6.45) is 5.68. The molecular weight excluding hydrogens is 359 g/mol. The molecule has 2 aliphatic heterocycles. The summed E-state index contributed by atoms with van der Waals surface area (Å²) in [5.41, 5.74) is 1.07. The summed E-state index contributed by atoms with van der Waals surface area (Å²) >= 11 is 0. The van der Waals surface area contributed by atoms with Gasteiger partial charge in [-0.1, -0.05) is 12.1 Å². The molecule has 1 amide bonds. The third-order valence-corrected chi connectivity index (χ3v) is 5.90. The van der Waals surface area contributed by atoms with Crippen LogP contribution in [0, 0.1) is 12.7 Å². The molecule has 0 bridgehead atoms. The molecule has 2 saturated heterocycles. The molecule has 7 heteroatoms. The first-order valence-electron chi connectivity index (χ1n) is 9.90. The van der Waals surface area contributed by atoms with E-state index in [1.54, 1.807) is 24.1 Å². The Balaban J connectivity index is 1.35. The summed E-state index contributed by atoms with van der Waals surface area (Å²) in [5, 5.41) is 0. The highest BCUT2D eigenvalue weighted by atomic mass is 19.1. The van der Waals surface area contributed by atoms with Crippen molar-refractivity contribution in [2.45, 2.75) is 44.9 Å². The Morgan fingerprint density at radius 1 is 1.25 bits per heavy atom. The van der Waals surface area contributed by atoms with Crippen LogP contribution >= 0.6 is 0 Å². The van der Waals surface area contributed by atoms with Gasteiger partial charge < -0.3 is 14.6 Å². The first-order chi connectivity index (χ1) is 13.5. The van der Waals surface area contributed by atoms with Crippen LogP contribution in [0.1, 0.15) is 36.2 Å². The average molecular weight is 386 g/mol. The number of hydrogen-bond acceptors (Lipinski definition) is 4. The van der Waals surface area contributed by atoms with E-state index in [9.17, 15) is 9.18 Å². The predicted octanol–water partition coefficient (Wildman–Crippen LogP) is 2.64. The molecule has 28 heavy (non-hydrogen) atoms. The minimum Gasteiger partial charge on any atom is -0.373 e. The van der Waals surface area contributed by atoms with Gasteiger partial charge in [-0.2, -0.15) is 0 Å². The van der Waals surface area contributed by atoms with Gasteiger partial charge in [0.2, 0.25) is 5.91 Å². The smallest absolute Gasteiger partial charge is 0.225 e. The van der Waals surface area contributed by atoms with Crippen LogP contribution in [0.2, 0.25) is 0 Å². The average Bonchev–Trinajstić information content (AvgIpc) is 3.14. The van der Waals surface area contributed by atoms with Gasteiger partial charge in [0.25, 0.3) is 0 Å². The van der Waals surface area contributed by atoms with Crippen molar-refractivity contribution in [1.82, 2.24) is 19.8 Å². The van der Waals surface area contributed by atoms with E-state index in [1.165, 1.54) is 6.07 Å². The molecule has 0 saturated carbocycles. The quantitative estimate of drug-likeness (QED) is 0.878. The van der Waals surface area contributed by atoms with Crippen LogP contribution in [0.25, 0.3) is 0 Å². The van der Waals surface area contributed by atoms with Gasteiger partial charge in [0, 0.05) is 38.6 Å². The molecule has 0 aliphatic carbocycles. The summed E-state index contributed by atoms with van der Waals surface area (Å²) in [7, 11) is 0. The number of aromatic amines is 1. The van der Waals surface area contributed by atoms with Crippen LogP contribution in [0.3, 0.4) is 0 Å². The maximum atomic E-state index is 13.8. The maximum Gasteiger partial charge on any atom is 0.225 e. The fraction of sp³-hybridized carbons (Fsp3) is 0.524. The Labute approximate surface area is 164 Å². The van der Waals surface area contributed by atoms with Gasteiger partial charge in [0.05, 0.1) is 25.2 Å². The first-order valence-corrected chi connectivity index (χ1v) is 9.90. The van der Waals surface area contributed by atoms with E-state index in [-0.39, 0.29) is 17.3 Å². The Morgan fingerprint density at radius 2 is 2.07 bits per heavy atom. The molecule has 2 aliphatic rings. The topological polar surface area (TPSA) is 61.5 Å². The van der Waals surface area contributed by atoms with Crippen LogP contribution in [0.15, 0.2) is 30.6 Å². The molecule has 1 aromatic heterocycles. The van der Waals surface area contributed by atoms with E-state index in [2.05, 4.69) is 14.9 Å². The number of ether oxygens (including phenoxy) is 1. The van der Waals surface area contributed by atoms with Gasteiger partial charge in [-0.15, -0.1) is 0 Å². The molecule has 1 spiro atoms. The van der Waals surface area contributed by atoms with Gasteiger partial charge in [-0.3, -0.25) is 9.69 Å². The van der Waals surface area contributed by atoms with E-state index in [1.807, 2.05) is 12.3 Å². The molecule has 150 valence electrons. The lowest BCUT2D eigenvalue weighted by Crippen LogP contribution is -2.47. The fourth-order valence-corrected chi connectivity index (χ4v) is 4.09. The Kier molecular flexibility index (Phi) is 5.46. The number of imidazole rings is 1. The first kappa shape index (κ1) is 19.1. The molecule has 1 N–H and O–H groups in total. The molecule has 0 unspecified atom stereocenters. The zero-order chi connectivity index (χ0) is 19.6. The van der Waals surface area contributed by atoms with Crippen LogP contribution in [0.5, 0.6) is 0 Å². The number of nitrogens with one attached hydrogen (secondary N) is 1. The number of H-pyrrole nitrogens is 1. The lowest BCUT2D eigenvalue weighted by atomic mass is 9.87. The van der Waals surface area contributed by atoms with Gasteiger partial charge in [-0.25, -0.2) is 9.37 Å². The number of nitrogens with zero attached hydrogens (tertiary/aromatic N) is 3. The third-order valence-electron chi connectivity index (χ3n) is 5.90. The molecule has 0 radical (unpaired) electrons. The van der Waals surface area contributed by atoms with E-state index < -0.39 is 0 Å². The number of aryl methyl sites for hydroxylation is 1. The van der Waals surface area contributed by atoms with Gasteiger partial charge >= 0.3 is 0 Å². The molecule has 2 fully saturated rings. The van der Waals surface area contributed by atoms with Crippen molar-refractivity contribution >= 4 is 5.91 Å². The van der Waals surface area contributed by atoms with Gasteiger partial charge in [0.15, 0.2) is 0 Å². The van der Waals surface area contributed by atoms with Crippen molar-refractivity contribution < 1.29 is 13.9 Å². The molecule has 4 rings (SSSR count). The van der Waals surface area contributed by atoms with Gasteiger partial charge in [-0.05, 0) is 37.0 Å².